The van der Waals surface area contributed by atoms with Gasteiger partial charge in [-0.25, -0.2) is 0 Å². The SMILES string of the molecule is Cc1ccc(C(O)CC(F)(F)C(F)(F)C(F)(F)C(F)(F)C(F)(F)C(F)(F)C(F)(F)F)cc1. The molecule has 0 fully saturated rings. The lowest BCUT2D eigenvalue weighted by Crippen LogP contribution is -2.72. The Hall–Kier alpha value is -1.87. The van der Waals surface area contributed by atoms with Gasteiger partial charge in [-0.1, -0.05) is 29.8 Å². The molecular formula is C16H11F15O. The maximum Gasteiger partial charge on any atom is 0.460 e. The number of rotatable bonds is 8. The first-order valence-electron chi connectivity index (χ1n) is 7.96. The van der Waals surface area contributed by atoms with Crippen LogP contribution in [0.5, 0.6) is 0 Å². The number of halogens is 15. The van der Waals surface area contributed by atoms with Gasteiger partial charge in [0.15, 0.2) is 0 Å². The number of hydrogen-bond donors (Lipinski definition) is 1. The third-order valence-corrected chi connectivity index (χ3v) is 4.30. The van der Waals surface area contributed by atoms with Gasteiger partial charge >= 0.3 is 41.7 Å². The highest BCUT2D eigenvalue weighted by atomic mass is 19.4. The molecule has 0 aromatic heterocycles. The summed E-state index contributed by atoms with van der Waals surface area (Å²) in [6.07, 6.45) is -13.2. The van der Waals surface area contributed by atoms with E-state index in [9.17, 15) is 71.0 Å². The van der Waals surface area contributed by atoms with Gasteiger partial charge in [0.05, 0.1) is 6.10 Å². The molecule has 1 nitrogen and oxygen atoms in total. The molecule has 1 rings (SSSR count). The molecule has 0 saturated heterocycles. The molecule has 0 heterocycles. The Morgan fingerprint density at radius 3 is 1.31 bits per heavy atom. The van der Waals surface area contributed by atoms with Crippen LogP contribution in [0.3, 0.4) is 0 Å². The molecule has 186 valence electrons. The van der Waals surface area contributed by atoms with Crippen LogP contribution in [-0.4, -0.2) is 46.8 Å². The van der Waals surface area contributed by atoms with Crippen LogP contribution in [0.15, 0.2) is 24.3 Å². The lowest BCUT2D eigenvalue weighted by Gasteiger charge is -2.41. The quantitative estimate of drug-likeness (QED) is 0.387. The van der Waals surface area contributed by atoms with Crippen molar-refractivity contribution in [3.05, 3.63) is 35.4 Å². The zero-order valence-corrected chi connectivity index (χ0v) is 15.2. The average molecular weight is 504 g/mol. The molecule has 0 aliphatic rings. The first-order valence-corrected chi connectivity index (χ1v) is 7.96. The molecule has 1 atom stereocenters. The summed E-state index contributed by atoms with van der Waals surface area (Å²) in [5.74, 6) is -46.9. The maximum absolute atomic E-state index is 13.8. The fourth-order valence-corrected chi connectivity index (χ4v) is 2.28. The minimum atomic E-state index is -8.33. The van der Waals surface area contributed by atoms with Gasteiger partial charge in [-0.05, 0) is 12.5 Å². The Labute approximate surface area is 168 Å². The van der Waals surface area contributed by atoms with Crippen molar-refractivity contribution in [2.24, 2.45) is 0 Å². The zero-order valence-electron chi connectivity index (χ0n) is 15.2. The molecule has 0 radical (unpaired) electrons. The molecule has 0 saturated carbocycles. The van der Waals surface area contributed by atoms with E-state index in [1.165, 1.54) is 6.92 Å². The first-order chi connectivity index (χ1) is 13.9. The maximum atomic E-state index is 13.8. The third-order valence-electron chi connectivity index (χ3n) is 4.30. The van der Waals surface area contributed by atoms with Crippen molar-refractivity contribution >= 4 is 0 Å². The highest BCUT2D eigenvalue weighted by molar-refractivity contribution is 5.24. The van der Waals surface area contributed by atoms with Crippen LogP contribution in [0, 0.1) is 6.92 Å². The topological polar surface area (TPSA) is 20.2 Å². The predicted molar refractivity (Wildman–Crippen MR) is 76.5 cm³/mol. The minimum Gasteiger partial charge on any atom is -0.388 e. The molecule has 1 aromatic carbocycles. The van der Waals surface area contributed by atoms with Crippen LogP contribution in [-0.2, 0) is 0 Å². The molecule has 1 unspecified atom stereocenters. The Morgan fingerprint density at radius 1 is 0.594 bits per heavy atom. The monoisotopic (exact) mass is 504 g/mol. The average Bonchev–Trinajstić information content (AvgIpc) is 2.59. The largest absolute Gasteiger partial charge is 0.460 e. The smallest absolute Gasteiger partial charge is 0.388 e. The van der Waals surface area contributed by atoms with E-state index in [-0.39, 0.29) is 0 Å². The second-order valence-electron chi connectivity index (χ2n) is 6.70. The fourth-order valence-electron chi connectivity index (χ4n) is 2.28. The van der Waals surface area contributed by atoms with Gasteiger partial charge in [0.2, 0.25) is 0 Å². The number of aliphatic hydroxyl groups is 1. The molecule has 1 N–H and O–H groups in total. The van der Waals surface area contributed by atoms with Crippen LogP contribution in [0.1, 0.15) is 23.7 Å². The van der Waals surface area contributed by atoms with E-state index < -0.39 is 59.8 Å². The van der Waals surface area contributed by atoms with Gasteiger partial charge in [0, 0.05) is 6.42 Å². The van der Waals surface area contributed by atoms with Crippen LogP contribution >= 0.6 is 0 Å². The number of aliphatic hydroxyl groups excluding tert-OH is 1. The molecule has 0 spiro atoms. The minimum absolute atomic E-state index is 0.428. The van der Waals surface area contributed by atoms with E-state index in [2.05, 4.69) is 0 Å². The Morgan fingerprint density at radius 2 is 0.938 bits per heavy atom. The summed E-state index contributed by atoms with van der Waals surface area (Å²) in [5.41, 5.74) is -0.216. The lowest BCUT2D eigenvalue weighted by molar-refractivity contribution is -0.453. The summed E-state index contributed by atoms with van der Waals surface area (Å²) in [6, 6.07) is 3.85. The van der Waals surface area contributed by atoms with Crippen molar-refractivity contribution in [3.8, 4) is 0 Å². The zero-order chi connectivity index (χ0) is 25.8. The summed E-state index contributed by atoms with van der Waals surface area (Å²) >= 11 is 0. The van der Waals surface area contributed by atoms with E-state index in [1.54, 1.807) is 0 Å². The van der Waals surface area contributed by atoms with E-state index in [4.69, 9.17) is 0 Å². The molecule has 0 aliphatic heterocycles. The van der Waals surface area contributed by atoms with Gasteiger partial charge in [-0.2, -0.15) is 65.9 Å². The molecular weight excluding hydrogens is 493 g/mol. The lowest BCUT2D eigenvalue weighted by atomic mass is 9.88. The van der Waals surface area contributed by atoms with Crippen molar-refractivity contribution in [1.29, 1.82) is 0 Å². The summed E-state index contributed by atoms with van der Waals surface area (Å²) in [5, 5.41) is 9.51. The molecule has 32 heavy (non-hydrogen) atoms. The van der Waals surface area contributed by atoms with Crippen LogP contribution < -0.4 is 0 Å². The summed E-state index contributed by atoms with van der Waals surface area (Å²) in [7, 11) is 0. The number of hydrogen-bond acceptors (Lipinski definition) is 1. The van der Waals surface area contributed by atoms with Gasteiger partial charge in [0.1, 0.15) is 0 Å². The van der Waals surface area contributed by atoms with E-state index in [0.717, 1.165) is 24.3 Å². The molecule has 1 aromatic rings. The van der Waals surface area contributed by atoms with Crippen molar-refractivity contribution in [2.75, 3.05) is 0 Å². The van der Waals surface area contributed by atoms with Crippen molar-refractivity contribution in [2.45, 2.75) is 61.2 Å². The molecule has 0 bridgehead atoms. The normalized spacial score (nSPS) is 16.3. The molecule has 0 aliphatic carbocycles. The van der Waals surface area contributed by atoms with Gasteiger partial charge in [0.25, 0.3) is 0 Å². The summed E-state index contributed by atoms with van der Waals surface area (Å²) < 4.78 is 196. The highest BCUT2D eigenvalue weighted by Crippen LogP contribution is 2.63. The van der Waals surface area contributed by atoms with Gasteiger partial charge in [-0.15, -0.1) is 0 Å². The van der Waals surface area contributed by atoms with Crippen LogP contribution in [0.2, 0.25) is 0 Å². The second-order valence-corrected chi connectivity index (χ2v) is 6.70. The van der Waals surface area contributed by atoms with E-state index in [1.807, 2.05) is 0 Å². The number of benzene rings is 1. The van der Waals surface area contributed by atoms with E-state index in [0.29, 0.717) is 5.56 Å². The van der Waals surface area contributed by atoms with Gasteiger partial charge < -0.3 is 5.11 Å². The van der Waals surface area contributed by atoms with Crippen molar-refractivity contribution < 1.29 is 71.0 Å². The van der Waals surface area contributed by atoms with E-state index >= 15 is 0 Å². The highest BCUT2D eigenvalue weighted by Gasteiger charge is 2.93. The van der Waals surface area contributed by atoms with Crippen LogP contribution in [0.25, 0.3) is 0 Å². The molecule has 0 amide bonds. The third kappa shape index (κ3) is 4.09. The standard InChI is InChI=1S/C16H11F15O/c1-7-2-4-8(5-3-7)9(32)6-10(17,18)11(19,20)12(21,22)13(23,24)14(25,26)15(27,28)16(29,30)31/h2-5,9,32H,6H2,1H3. The number of alkyl halides is 15. The second kappa shape index (κ2) is 7.87. The Balaban J connectivity index is 3.43. The van der Waals surface area contributed by atoms with Gasteiger partial charge in [-0.3, -0.25) is 0 Å². The van der Waals surface area contributed by atoms with Crippen molar-refractivity contribution in [3.63, 3.8) is 0 Å². The van der Waals surface area contributed by atoms with Crippen LogP contribution in [0.4, 0.5) is 65.9 Å². The number of aryl methyl sites for hydroxylation is 1. The molecule has 16 heteroatoms. The first kappa shape index (κ1) is 28.2. The van der Waals surface area contributed by atoms with Crippen molar-refractivity contribution in [1.82, 2.24) is 0 Å². The predicted octanol–water partition coefficient (Wildman–Crippen LogP) is 6.79. The summed E-state index contributed by atoms with van der Waals surface area (Å²) in [4.78, 5) is 0. The Kier molecular flexibility index (Phi) is 6.92. The fraction of sp³-hybridized carbons (Fsp3) is 0.625. The summed E-state index contributed by atoms with van der Waals surface area (Å²) in [6.45, 7) is 1.43. The Bertz CT molecular complexity index is 795.